The first kappa shape index (κ1) is 21.2. The summed E-state index contributed by atoms with van der Waals surface area (Å²) in [7, 11) is 0.237. The van der Waals surface area contributed by atoms with Gasteiger partial charge < -0.3 is 10.2 Å². The van der Waals surface area contributed by atoms with E-state index in [0.29, 0.717) is 29.7 Å². The Labute approximate surface area is 175 Å². The molecule has 0 radical (unpaired) electrons. The van der Waals surface area contributed by atoms with Crippen LogP contribution in [-0.4, -0.2) is 50.5 Å². The van der Waals surface area contributed by atoms with Crippen molar-refractivity contribution in [1.29, 1.82) is 0 Å². The molecule has 2 N–H and O–H groups in total. The number of anilines is 2. The maximum absolute atomic E-state index is 12.3. The summed E-state index contributed by atoms with van der Waals surface area (Å²) >= 11 is 5.93. The number of nitrogens with zero attached hydrogens (tertiary/aromatic N) is 3. The molecular weight excluding hydrogens is 410 g/mol. The molecule has 0 saturated heterocycles. The molecule has 9 heteroatoms. The van der Waals surface area contributed by atoms with Crippen LogP contribution in [0.25, 0.3) is 11.3 Å². The largest absolute Gasteiger partial charge is 0.324 e. The fourth-order valence-corrected chi connectivity index (χ4v) is 3.68. The summed E-state index contributed by atoms with van der Waals surface area (Å²) in [6.45, 7) is 0.973. The van der Waals surface area contributed by atoms with Crippen molar-refractivity contribution in [3.63, 3.8) is 0 Å². The molecule has 0 fully saturated rings. The minimum Gasteiger partial charge on any atom is -0.324 e. The van der Waals surface area contributed by atoms with Crippen molar-refractivity contribution in [3.05, 3.63) is 65.8 Å². The molecule has 0 spiro atoms. The van der Waals surface area contributed by atoms with E-state index >= 15 is 0 Å². The summed E-state index contributed by atoms with van der Waals surface area (Å²) in [5.41, 5.74) is 2.36. The first-order valence-corrected chi connectivity index (χ1v) is 10.8. The first-order valence-electron chi connectivity index (χ1n) is 8.94. The monoisotopic (exact) mass is 431 g/mol. The predicted molar refractivity (Wildman–Crippen MR) is 116 cm³/mol. The second-order valence-corrected chi connectivity index (χ2v) is 8.83. The average molecular weight is 432 g/mol. The molecule has 0 saturated carbocycles. The highest BCUT2D eigenvalue weighted by Gasteiger charge is 2.13. The second-order valence-electron chi connectivity index (χ2n) is 6.62. The molecule has 0 aliphatic heterocycles. The summed E-state index contributed by atoms with van der Waals surface area (Å²) < 4.78 is 27.2. The molecule has 29 heavy (non-hydrogen) atoms. The predicted octanol–water partition coefficient (Wildman–Crippen LogP) is 3.38. The third-order valence-electron chi connectivity index (χ3n) is 4.07. The Bertz CT molecular complexity index is 1050. The van der Waals surface area contributed by atoms with Crippen molar-refractivity contribution in [2.75, 3.05) is 32.5 Å². The number of sulfonamides is 1. The van der Waals surface area contributed by atoms with Crippen LogP contribution >= 0.6 is 11.6 Å². The molecule has 2 aromatic carbocycles. The average Bonchev–Trinajstić information content (AvgIpc) is 2.69. The minimum atomic E-state index is -3.54. The number of rotatable bonds is 8. The number of nitrogens with one attached hydrogen (secondary N) is 2. The second kappa shape index (κ2) is 9.32. The Hall–Kier alpha value is -2.52. The van der Waals surface area contributed by atoms with E-state index in [1.54, 1.807) is 42.6 Å². The third kappa shape index (κ3) is 5.98. The summed E-state index contributed by atoms with van der Waals surface area (Å²) in [5.74, 6) is 0.414. The van der Waals surface area contributed by atoms with Gasteiger partial charge in [-0.3, -0.25) is 0 Å². The molecule has 1 aromatic heterocycles. The maximum atomic E-state index is 12.3. The minimum absolute atomic E-state index is 0.206. The van der Waals surface area contributed by atoms with Crippen LogP contribution in [0.2, 0.25) is 5.02 Å². The first-order chi connectivity index (χ1) is 13.8. The lowest BCUT2D eigenvalue weighted by Crippen LogP contribution is -2.31. The fourth-order valence-electron chi connectivity index (χ4n) is 2.53. The van der Waals surface area contributed by atoms with Gasteiger partial charge in [0.2, 0.25) is 16.0 Å². The van der Waals surface area contributed by atoms with Gasteiger partial charge in [0.05, 0.1) is 10.6 Å². The standard InChI is InChI=1S/C20H22ClN5O2S/c1-26(2)14-13-23-29(27,28)18-9-7-17(8-10-18)24-20-22-12-11-19(25-20)15-3-5-16(21)6-4-15/h3-12,23H,13-14H2,1-2H3,(H,22,24,25). The smallest absolute Gasteiger partial charge is 0.240 e. The quantitative estimate of drug-likeness (QED) is 0.568. The summed E-state index contributed by atoms with van der Waals surface area (Å²) in [6, 6.07) is 15.6. The molecular formula is C20H22ClN5O2S. The zero-order chi connectivity index (χ0) is 20.9. The molecule has 152 valence electrons. The Balaban J connectivity index is 1.70. The summed E-state index contributed by atoms with van der Waals surface area (Å²) in [4.78, 5) is 10.8. The number of likely N-dealkylation sites (N-methyl/N-ethyl adjacent to an activating group) is 1. The van der Waals surface area contributed by atoms with Crippen LogP contribution in [0.5, 0.6) is 0 Å². The van der Waals surface area contributed by atoms with Gasteiger partial charge in [-0.1, -0.05) is 23.7 Å². The normalized spacial score (nSPS) is 11.6. The van der Waals surface area contributed by atoms with Gasteiger partial charge in [0.1, 0.15) is 0 Å². The zero-order valence-corrected chi connectivity index (χ0v) is 17.7. The van der Waals surface area contributed by atoms with Gasteiger partial charge in [0.15, 0.2) is 0 Å². The van der Waals surface area contributed by atoms with Crippen LogP contribution in [0.3, 0.4) is 0 Å². The van der Waals surface area contributed by atoms with Gasteiger partial charge in [-0.2, -0.15) is 0 Å². The lowest BCUT2D eigenvalue weighted by molar-refractivity contribution is 0.412. The molecule has 3 aromatic rings. The van der Waals surface area contributed by atoms with Gasteiger partial charge in [0, 0.05) is 35.6 Å². The topological polar surface area (TPSA) is 87.2 Å². The summed E-state index contributed by atoms with van der Waals surface area (Å²) in [6.07, 6.45) is 1.66. The van der Waals surface area contributed by atoms with Crippen LogP contribution < -0.4 is 10.0 Å². The molecule has 0 atom stereocenters. The molecule has 1 heterocycles. The Morgan fingerprint density at radius 1 is 1.00 bits per heavy atom. The van der Waals surface area contributed by atoms with Crippen molar-refractivity contribution in [2.45, 2.75) is 4.90 Å². The van der Waals surface area contributed by atoms with Crippen molar-refractivity contribution in [1.82, 2.24) is 19.6 Å². The highest BCUT2D eigenvalue weighted by atomic mass is 35.5. The van der Waals surface area contributed by atoms with Gasteiger partial charge >= 0.3 is 0 Å². The number of benzene rings is 2. The van der Waals surface area contributed by atoms with E-state index in [1.165, 1.54) is 0 Å². The van der Waals surface area contributed by atoms with Gasteiger partial charge in [-0.05, 0) is 56.6 Å². The van der Waals surface area contributed by atoms with Crippen LogP contribution in [0, 0.1) is 0 Å². The molecule has 3 rings (SSSR count). The van der Waals surface area contributed by atoms with Crippen LogP contribution in [-0.2, 0) is 10.0 Å². The number of halogens is 1. The van der Waals surface area contributed by atoms with E-state index in [1.807, 2.05) is 37.2 Å². The van der Waals surface area contributed by atoms with E-state index in [9.17, 15) is 8.42 Å². The molecule has 0 aliphatic rings. The van der Waals surface area contributed by atoms with Crippen molar-refractivity contribution < 1.29 is 8.42 Å². The van der Waals surface area contributed by atoms with Gasteiger partial charge in [0.25, 0.3) is 0 Å². The van der Waals surface area contributed by atoms with Crippen molar-refractivity contribution in [3.8, 4) is 11.3 Å². The third-order valence-corrected chi connectivity index (χ3v) is 5.80. The lowest BCUT2D eigenvalue weighted by Gasteiger charge is -2.11. The summed E-state index contributed by atoms with van der Waals surface area (Å²) in [5, 5.41) is 3.75. The van der Waals surface area contributed by atoms with E-state index in [4.69, 9.17) is 11.6 Å². The highest BCUT2D eigenvalue weighted by molar-refractivity contribution is 7.89. The molecule has 0 aliphatic carbocycles. The van der Waals surface area contributed by atoms with E-state index in [2.05, 4.69) is 20.0 Å². The Kier molecular flexibility index (Phi) is 6.81. The molecule has 7 nitrogen and oxygen atoms in total. The Morgan fingerprint density at radius 3 is 2.34 bits per heavy atom. The van der Waals surface area contributed by atoms with Crippen LogP contribution in [0.15, 0.2) is 65.7 Å². The van der Waals surface area contributed by atoms with Crippen molar-refractivity contribution >= 4 is 33.3 Å². The van der Waals surface area contributed by atoms with Gasteiger partial charge in [-0.25, -0.2) is 23.1 Å². The number of hydrogen-bond acceptors (Lipinski definition) is 6. The lowest BCUT2D eigenvalue weighted by atomic mass is 10.1. The zero-order valence-electron chi connectivity index (χ0n) is 16.1. The van der Waals surface area contributed by atoms with E-state index in [0.717, 1.165) is 11.3 Å². The molecule has 0 bridgehead atoms. The maximum Gasteiger partial charge on any atom is 0.240 e. The van der Waals surface area contributed by atoms with Crippen LogP contribution in [0.4, 0.5) is 11.6 Å². The number of hydrogen-bond donors (Lipinski definition) is 2. The van der Waals surface area contributed by atoms with E-state index in [-0.39, 0.29) is 4.90 Å². The molecule has 0 amide bonds. The van der Waals surface area contributed by atoms with E-state index < -0.39 is 10.0 Å². The van der Waals surface area contributed by atoms with Gasteiger partial charge in [-0.15, -0.1) is 0 Å². The fraction of sp³-hybridized carbons (Fsp3) is 0.200. The molecule has 0 unspecified atom stereocenters. The SMILES string of the molecule is CN(C)CCNS(=O)(=O)c1ccc(Nc2nccc(-c3ccc(Cl)cc3)n2)cc1. The van der Waals surface area contributed by atoms with Crippen molar-refractivity contribution in [2.24, 2.45) is 0 Å². The number of aromatic nitrogens is 2. The van der Waals surface area contributed by atoms with Crippen LogP contribution in [0.1, 0.15) is 0 Å². The highest BCUT2D eigenvalue weighted by Crippen LogP contribution is 2.22. The Morgan fingerprint density at radius 2 is 1.69 bits per heavy atom.